The molecule has 0 radical (unpaired) electrons. The highest BCUT2D eigenvalue weighted by Crippen LogP contribution is 2.54. The van der Waals surface area contributed by atoms with Gasteiger partial charge in [-0.05, 0) is 36.7 Å². The van der Waals surface area contributed by atoms with Crippen molar-refractivity contribution in [2.75, 3.05) is 13.1 Å². The summed E-state index contributed by atoms with van der Waals surface area (Å²) in [5, 5.41) is 8.65. The van der Waals surface area contributed by atoms with Crippen molar-refractivity contribution in [1.29, 1.82) is 0 Å². The lowest BCUT2D eigenvalue weighted by Gasteiger charge is -2.29. The molecule has 2 saturated carbocycles. The van der Waals surface area contributed by atoms with E-state index in [9.17, 15) is 8.42 Å². The number of hydrogen-bond donors (Lipinski definition) is 0. The van der Waals surface area contributed by atoms with Crippen LogP contribution in [0.1, 0.15) is 61.9 Å². The van der Waals surface area contributed by atoms with Gasteiger partial charge in [-0.15, -0.1) is 10.2 Å². The van der Waals surface area contributed by atoms with Gasteiger partial charge in [0.2, 0.25) is 10.0 Å². The van der Waals surface area contributed by atoms with Crippen molar-refractivity contribution in [3.8, 4) is 0 Å². The number of benzene rings is 1. The van der Waals surface area contributed by atoms with Crippen LogP contribution in [-0.2, 0) is 15.8 Å². The van der Waals surface area contributed by atoms with Crippen LogP contribution in [0.3, 0.4) is 0 Å². The van der Waals surface area contributed by atoms with Gasteiger partial charge in [0.25, 0.3) is 0 Å². The molecule has 1 atom stereocenters. The van der Waals surface area contributed by atoms with Gasteiger partial charge in [0.05, 0.1) is 5.75 Å². The highest BCUT2D eigenvalue weighted by atomic mass is 32.2. The maximum atomic E-state index is 13.2. The van der Waals surface area contributed by atoms with Gasteiger partial charge >= 0.3 is 0 Å². The highest BCUT2D eigenvalue weighted by Gasteiger charge is 2.53. The van der Waals surface area contributed by atoms with E-state index in [1.165, 1.54) is 25.7 Å². The Balaban J connectivity index is 1.45. The molecule has 5 rings (SSSR count). The van der Waals surface area contributed by atoms with E-state index in [1.807, 2.05) is 36.7 Å². The van der Waals surface area contributed by atoms with E-state index in [0.29, 0.717) is 19.1 Å². The maximum absolute atomic E-state index is 13.2. The number of rotatable bonds is 5. The van der Waals surface area contributed by atoms with Gasteiger partial charge in [-0.1, -0.05) is 43.2 Å². The van der Waals surface area contributed by atoms with Gasteiger partial charge in [0, 0.05) is 25.0 Å². The van der Waals surface area contributed by atoms with Crippen molar-refractivity contribution >= 4 is 10.0 Å². The van der Waals surface area contributed by atoms with Gasteiger partial charge in [-0.25, -0.2) is 12.7 Å². The molecule has 144 valence electrons. The summed E-state index contributed by atoms with van der Waals surface area (Å²) in [6.07, 6.45) is 8.75. The molecule has 1 saturated heterocycles. The first-order valence-electron chi connectivity index (χ1n) is 9.99. The van der Waals surface area contributed by atoms with Crippen LogP contribution in [0.4, 0.5) is 0 Å². The molecule has 0 amide bonds. The van der Waals surface area contributed by atoms with Crippen LogP contribution >= 0.6 is 0 Å². The second kappa shape index (κ2) is 6.41. The molecular formula is C20H26N4O2S. The molecule has 1 spiro atoms. The fraction of sp³-hybridized carbons (Fsp3) is 0.600. The Morgan fingerprint density at radius 2 is 1.85 bits per heavy atom. The van der Waals surface area contributed by atoms with E-state index in [0.717, 1.165) is 24.2 Å². The third-order valence-electron chi connectivity index (χ3n) is 6.65. The number of hydrogen-bond acceptors (Lipinski definition) is 4. The molecule has 3 aliphatic rings. The molecule has 3 fully saturated rings. The van der Waals surface area contributed by atoms with Crippen LogP contribution in [-0.4, -0.2) is 40.6 Å². The van der Waals surface area contributed by atoms with Crippen LogP contribution in [0.15, 0.2) is 36.7 Å². The standard InChI is InChI=1S/C20H26N4O2S/c25-27(26,13-16-6-2-1-3-7-16)23-12-18(20(14-23)10-4-5-11-20)19-22-21-15-24(19)17-8-9-17/h1-3,6-7,15,17-18H,4-5,8-14H2. The zero-order valence-electron chi connectivity index (χ0n) is 15.5. The van der Waals surface area contributed by atoms with E-state index in [2.05, 4.69) is 14.8 Å². The number of nitrogens with zero attached hydrogens (tertiary/aromatic N) is 4. The zero-order valence-corrected chi connectivity index (χ0v) is 16.3. The minimum Gasteiger partial charge on any atom is -0.314 e. The first-order valence-corrected chi connectivity index (χ1v) is 11.6. The summed E-state index contributed by atoms with van der Waals surface area (Å²) in [7, 11) is -3.34. The number of sulfonamides is 1. The van der Waals surface area contributed by atoms with Crippen LogP contribution in [0.5, 0.6) is 0 Å². The van der Waals surface area contributed by atoms with Crippen LogP contribution in [0.2, 0.25) is 0 Å². The van der Waals surface area contributed by atoms with E-state index in [4.69, 9.17) is 0 Å². The Hall–Kier alpha value is -1.73. The smallest absolute Gasteiger partial charge is 0.218 e. The molecule has 0 bridgehead atoms. The molecular weight excluding hydrogens is 360 g/mol. The molecule has 2 aliphatic carbocycles. The first-order chi connectivity index (χ1) is 13.1. The Morgan fingerprint density at radius 1 is 1.11 bits per heavy atom. The third kappa shape index (κ3) is 3.10. The molecule has 6 nitrogen and oxygen atoms in total. The molecule has 2 heterocycles. The summed E-state index contributed by atoms with van der Waals surface area (Å²) in [4.78, 5) is 0. The summed E-state index contributed by atoms with van der Waals surface area (Å²) >= 11 is 0. The Bertz CT molecular complexity index is 914. The summed E-state index contributed by atoms with van der Waals surface area (Å²) in [6.45, 7) is 1.17. The van der Waals surface area contributed by atoms with Crippen molar-refractivity contribution in [3.05, 3.63) is 48.0 Å². The van der Waals surface area contributed by atoms with Crippen molar-refractivity contribution in [2.45, 2.75) is 56.2 Å². The van der Waals surface area contributed by atoms with Gasteiger partial charge in [-0.3, -0.25) is 0 Å². The molecule has 1 aliphatic heterocycles. The Morgan fingerprint density at radius 3 is 2.56 bits per heavy atom. The molecule has 7 heteroatoms. The summed E-state index contributed by atoms with van der Waals surface area (Å²) < 4.78 is 30.3. The summed E-state index contributed by atoms with van der Waals surface area (Å²) in [5.41, 5.74) is 0.881. The van der Waals surface area contributed by atoms with Gasteiger partial charge in [0.15, 0.2) is 0 Å². The lowest BCUT2D eigenvalue weighted by Crippen LogP contribution is -2.32. The third-order valence-corrected chi connectivity index (χ3v) is 8.42. The summed E-state index contributed by atoms with van der Waals surface area (Å²) in [5.74, 6) is 1.25. The van der Waals surface area contributed by atoms with Crippen LogP contribution in [0, 0.1) is 5.41 Å². The van der Waals surface area contributed by atoms with E-state index < -0.39 is 10.0 Å². The monoisotopic (exact) mass is 386 g/mol. The molecule has 1 aromatic carbocycles. The van der Waals surface area contributed by atoms with E-state index >= 15 is 0 Å². The Kier molecular flexibility index (Phi) is 4.13. The highest BCUT2D eigenvalue weighted by molar-refractivity contribution is 7.88. The topological polar surface area (TPSA) is 68.1 Å². The average molecular weight is 387 g/mol. The second-order valence-corrected chi connectivity index (χ2v) is 10.5. The molecule has 1 aromatic heterocycles. The van der Waals surface area contributed by atoms with Gasteiger partial charge < -0.3 is 4.57 Å². The maximum Gasteiger partial charge on any atom is 0.218 e. The molecule has 27 heavy (non-hydrogen) atoms. The van der Waals surface area contributed by atoms with E-state index in [-0.39, 0.29) is 17.1 Å². The van der Waals surface area contributed by atoms with Crippen molar-refractivity contribution < 1.29 is 8.42 Å². The van der Waals surface area contributed by atoms with Crippen molar-refractivity contribution in [3.63, 3.8) is 0 Å². The lowest BCUT2D eigenvalue weighted by atomic mass is 9.76. The minimum atomic E-state index is -3.34. The SMILES string of the molecule is O=S(=O)(Cc1ccccc1)N1CC(c2nncn2C2CC2)C2(CCCC2)C1. The number of aromatic nitrogens is 3. The Labute approximate surface area is 160 Å². The molecule has 0 N–H and O–H groups in total. The largest absolute Gasteiger partial charge is 0.314 e. The predicted molar refractivity (Wildman–Crippen MR) is 103 cm³/mol. The average Bonchev–Trinajstić information content (AvgIpc) is 3.08. The second-order valence-electron chi connectivity index (χ2n) is 8.48. The van der Waals surface area contributed by atoms with E-state index in [1.54, 1.807) is 4.31 Å². The fourth-order valence-electron chi connectivity index (χ4n) is 5.09. The van der Waals surface area contributed by atoms with Gasteiger partial charge in [-0.2, -0.15) is 0 Å². The molecule has 1 unspecified atom stereocenters. The normalized spacial score (nSPS) is 25.4. The zero-order chi connectivity index (χ0) is 18.5. The van der Waals surface area contributed by atoms with Crippen LogP contribution < -0.4 is 0 Å². The molecule has 2 aromatic rings. The predicted octanol–water partition coefficient (Wildman–Crippen LogP) is 3.10. The minimum absolute atomic E-state index is 0.0312. The first kappa shape index (κ1) is 17.4. The lowest BCUT2D eigenvalue weighted by molar-refractivity contribution is 0.272. The van der Waals surface area contributed by atoms with Crippen LogP contribution in [0.25, 0.3) is 0 Å². The fourth-order valence-corrected chi connectivity index (χ4v) is 6.71. The summed E-state index contributed by atoms with van der Waals surface area (Å²) in [6, 6.07) is 10.0. The quantitative estimate of drug-likeness (QED) is 0.792. The van der Waals surface area contributed by atoms with Crippen molar-refractivity contribution in [1.82, 2.24) is 19.1 Å². The van der Waals surface area contributed by atoms with Gasteiger partial charge in [0.1, 0.15) is 12.2 Å². The van der Waals surface area contributed by atoms with Crippen molar-refractivity contribution in [2.24, 2.45) is 5.41 Å².